The van der Waals surface area contributed by atoms with Gasteiger partial charge in [-0.25, -0.2) is 12.8 Å². The number of halogens is 3. The summed E-state index contributed by atoms with van der Waals surface area (Å²) in [5.74, 6) is -0.994. The van der Waals surface area contributed by atoms with Crippen LogP contribution in [0.5, 0.6) is 11.5 Å². The van der Waals surface area contributed by atoms with E-state index in [-0.39, 0.29) is 59.1 Å². The Hall–Kier alpha value is -3.68. The minimum absolute atomic E-state index is 0.00198. The van der Waals surface area contributed by atoms with E-state index in [0.717, 1.165) is 6.26 Å². The van der Waals surface area contributed by atoms with Gasteiger partial charge in [0.25, 0.3) is 5.89 Å². The number of sulfone groups is 1. The van der Waals surface area contributed by atoms with Crippen molar-refractivity contribution in [2.45, 2.75) is 26.8 Å². The van der Waals surface area contributed by atoms with Crippen LogP contribution in [0.2, 0.25) is 10.0 Å². The molecule has 1 amide bonds. The number of ether oxygens (including phenoxy) is 1. The van der Waals surface area contributed by atoms with Gasteiger partial charge < -0.3 is 20.2 Å². The predicted octanol–water partition coefficient (Wildman–Crippen LogP) is 4.12. The Morgan fingerprint density at radius 2 is 1.95 bits per heavy atom. The van der Waals surface area contributed by atoms with Crippen LogP contribution in [-0.4, -0.2) is 52.9 Å². The van der Waals surface area contributed by atoms with E-state index in [0.29, 0.717) is 27.7 Å². The first-order valence-corrected chi connectivity index (χ1v) is 14.6. The number of nitrogens with two attached hydrogens (primary N) is 1. The number of hydrogen-bond acceptors (Lipinski definition) is 9. The summed E-state index contributed by atoms with van der Waals surface area (Å²) in [5.41, 5.74) is 7.97. The van der Waals surface area contributed by atoms with Gasteiger partial charge in [-0.1, -0.05) is 29.3 Å². The van der Waals surface area contributed by atoms with Gasteiger partial charge in [-0.2, -0.15) is 5.10 Å². The molecule has 0 radical (unpaired) electrons. The third kappa shape index (κ3) is 7.09. The Labute approximate surface area is 239 Å². The summed E-state index contributed by atoms with van der Waals surface area (Å²) >= 11 is 12.2. The second-order valence-corrected chi connectivity index (χ2v) is 12.1. The van der Waals surface area contributed by atoms with E-state index in [2.05, 4.69) is 20.6 Å². The van der Waals surface area contributed by atoms with Crippen molar-refractivity contribution < 1.29 is 26.8 Å². The number of anilines is 1. The predicted molar refractivity (Wildman–Crippen MR) is 148 cm³/mol. The molecule has 2 aromatic heterocycles. The lowest BCUT2D eigenvalue weighted by atomic mass is 10.1. The van der Waals surface area contributed by atoms with E-state index in [1.807, 2.05) is 0 Å². The van der Waals surface area contributed by atoms with Crippen molar-refractivity contribution in [3.63, 3.8) is 0 Å². The number of aryl methyl sites for hydroxylation is 1. The number of rotatable bonds is 10. The molecular formula is C25H25Cl2FN6O5S. The molecule has 0 atom stereocenters. The average Bonchev–Trinajstić information content (AvgIpc) is 3.40. The summed E-state index contributed by atoms with van der Waals surface area (Å²) in [7, 11) is -3.20. The molecule has 2 heterocycles. The van der Waals surface area contributed by atoms with Gasteiger partial charge in [0.15, 0.2) is 11.6 Å². The maximum absolute atomic E-state index is 15.4. The number of nitrogens with one attached hydrogen (secondary N) is 1. The zero-order chi connectivity index (χ0) is 29.2. The van der Waals surface area contributed by atoms with Crippen molar-refractivity contribution in [3.05, 3.63) is 69.0 Å². The molecule has 0 fully saturated rings. The van der Waals surface area contributed by atoms with Crippen LogP contribution < -0.4 is 15.8 Å². The van der Waals surface area contributed by atoms with Crippen LogP contribution in [0, 0.1) is 19.7 Å². The highest BCUT2D eigenvalue weighted by atomic mass is 35.5. The fourth-order valence-electron chi connectivity index (χ4n) is 3.88. The van der Waals surface area contributed by atoms with E-state index >= 15 is 4.39 Å². The van der Waals surface area contributed by atoms with Crippen molar-refractivity contribution in [1.29, 1.82) is 0 Å². The summed E-state index contributed by atoms with van der Waals surface area (Å²) in [6.07, 6.45) is 1.04. The molecule has 0 aliphatic heterocycles. The molecule has 11 nitrogen and oxygen atoms in total. The quantitative estimate of drug-likeness (QED) is 0.252. The van der Waals surface area contributed by atoms with Gasteiger partial charge in [-0.3, -0.25) is 9.48 Å². The topological polar surface area (TPSA) is 155 Å². The van der Waals surface area contributed by atoms with Crippen LogP contribution in [0.25, 0.3) is 11.5 Å². The highest BCUT2D eigenvalue weighted by Crippen LogP contribution is 2.36. The first kappa shape index (κ1) is 29.3. The Bertz CT molecular complexity index is 1670. The molecule has 0 saturated heterocycles. The van der Waals surface area contributed by atoms with Gasteiger partial charge in [-0.15, -0.1) is 10.2 Å². The largest absolute Gasteiger partial charge is 0.453 e. The molecule has 4 rings (SSSR count). The number of nitrogen functional groups attached to an aromatic ring is 1. The second-order valence-electron chi connectivity index (χ2n) is 9.03. The fraction of sp³-hybridized carbons (Fsp3) is 0.280. The zero-order valence-corrected chi connectivity index (χ0v) is 24.0. The van der Waals surface area contributed by atoms with Gasteiger partial charge in [0.1, 0.15) is 22.1 Å². The molecule has 0 unspecified atom stereocenters. The fourth-order valence-corrected chi connectivity index (χ4v) is 4.77. The van der Waals surface area contributed by atoms with E-state index in [9.17, 15) is 13.2 Å². The summed E-state index contributed by atoms with van der Waals surface area (Å²) in [6, 6.07) is 7.47. The van der Waals surface area contributed by atoms with Crippen molar-refractivity contribution in [1.82, 2.24) is 25.3 Å². The maximum Gasteiger partial charge on any atom is 0.251 e. The number of hydrogen-bond donors (Lipinski definition) is 2. The van der Waals surface area contributed by atoms with E-state index in [4.69, 9.17) is 38.1 Å². The first-order valence-electron chi connectivity index (χ1n) is 11.8. The van der Waals surface area contributed by atoms with Crippen molar-refractivity contribution in [2.24, 2.45) is 0 Å². The van der Waals surface area contributed by atoms with Crippen LogP contribution in [0.4, 0.5) is 10.1 Å². The number of amides is 1. The second kappa shape index (κ2) is 11.8. The molecule has 0 spiro atoms. The maximum atomic E-state index is 15.4. The molecule has 0 aliphatic rings. The minimum Gasteiger partial charge on any atom is -0.453 e. The summed E-state index contributed by atoms with van der Waals surface area (Å²) in [4.78, 5) is 12.3. The number of benzene rings is 2. The number of aromatic nitrogens is 4. The third-order valence-corrected chi connectivity index (χ3v) is 7.20. The number of carbonyl (C=O) groups is 1. The van der Waals surface area contributed by atoms with Gasteiger partial charge in [0.2, 0.25) is 11.8 Å². The molecule has 2 aromatic carbocycles. The number of nitrogens with zero attached hydrogens (tertiary/aromatic N) is 4. The van der Waals surface area contributed by atoms with Crippen molar-refractivity contribution in [3.8, 4) is 23.0 Å². The third-order valence-electron chi connectivity index (χ3n) is 5.73. The monoisotopic (exact) mass is 610 g/mol. The van der Waals surface area contributed by atoms with Gasteiger partial charge >= 0.3 is 0 Å². The van der Waals surface area contributed by atoms with Gasteiger partial charge in [0, 0.05) is 40.8 Å². The molecule has 0 saturated carbocycles. The standard InChI is InChI=1S/C25H25Cl2FN6O5S/c1-13-22(14(2)34(33-13)12-20(35)30-6-7-40(3,36)37)25-32-31-21(39-25)8-15-4-5-19(27)24(23(15)28)38-18-10-16(26)9-17(29)11-18/h4-5,9-11H,6-8,12,29H2,1-3H3,(H,30,35). The molecule has 3 N–H and O–H groups in total. The number of carbonyl (C=O) groups excluding carboxylic acids is 1. The van der Waals surface area contributed by atoms with Gasteiger partial charge in [0.05, 0.1) is 28.5 Å². The lowest BCUT2D eigenvalue weighted by molar-refractivity contribution is -0.121. The molecule has 0 bridgehead atoms. The van der Waals surface area contributed by atoms with Gasteiger partial charge in [-0.05, 0) is 32.0 Å². The summed E-state index contributed by atoms with van der Waals surface area (Å²) in [6.45, 7) is 3.32. The van der Waals surface area contributed by atoms with Crippen LogP contribution in [0.3, 0.4) is 0 Å². The van der Waals surface area contributed by atoms with Crippen LogP contribution in [-0.2, 0) is 27.6 Å². The lowest BCUT2D eigenvalue weighted by Gasteiger charge is -2.12. The van der Waals surface area contributed by atoms with Crippen LogP contribution in [0.15, 0.2) is 34.7 Å². The smallest absolute Gasteiger partial charge is 0.251 e. The van der Waals surface area contributed by atoms with Crippen molar-refractivity contribution >= 4 is 44.6 Å². The highest BCUT2D eigenvalue weighted by molar-refractivity contribution is 7.90. The summed E-state index contributed by atoms with van der Waals surface area (Å²) < 4.78 is 50.8. The Balaban J connectivity index is 1.50. The molecular weight excluding hydrogens is 586 g/mol. The summed E-state index contributed by atoms with van der Waals surface area (Å²) in [5, 5.41) is 15.4. The van der Waals surface area contributed by atoms with Crippen LogP contribution in [0.1, 0.15) is 22.8 Å². The minimum atomic E-state index is -3.20. The molecule has 212 valence electrons. The van der Waals surface area contributed by atoms with E-state index in [1.54, 1.807) is 13.8 Å². The Morgan fingerprint density at radius 1 is 1.20 bits per heavy atom. The normalized spacial score (nSPS) is 11.6. The molecule has 15 heteroatoms. The Morgan fingerprint density at radius 3 is 2.65 bits per heavy atom. The molecule has 0 aliphatic carbocycles. The first-order chi connectivity index (χ1) is 18.8. The van der Waals surface area contributed by atoms with E-state index < -0.39 is 21.6 Å². The average molecular weight is 611 g/mol. The SMILES string of the molecule is Cc1nn(CC(=O)NCCS(C)(=O)=O)c(C)c1-c1nnc(Cc2ccc(Cl)c(Oc3cc(N)cc(Cl)c3)c2F)o1. The zero-order valence-electron chi connectivity index (χ0n) is 21.7. The van der Waals surface area contributed by atoms with Crippen molar-refractivity contribution in [2.75, 3.05) is 24.3 Å². The van der Waals surface area contributed by atoms with Crippen LogP contribution >= 0.6 is 23.2 Å². The Kier molecular flexibility index (Phi) is 8.66. The molecule has 40 heavy (non-hydrogen) atoms. The van der Waals surface area contributed by atoms with E-state index in [1.165, 1.54) is 35.0 Å². The highest BCUT2D eigenvalue weighted by Gasteiger charge is 2.22. The molecule has 4 aromatic rings. The lowest BCUT2D eigenvalue weighted by Crippen LogP contribution is -2.32.